The molecular formula is C25H24F6N4O. The van der Waals surface area contributed by atoms with E-state index in [9.17, 15) is 31.4 Å². The summed E-state index contributed by atoms with van der Waals surface area (Å²) in [6, 6.07) is 11.2. The summed E-state index contributed by atoms with van der Waals surface area (Å²) in [4.78, 5) is 2.11. The van der Waals surface area contributed by atoms with Crippen LogP contribution in [0.15, 0.2) is 48.5 Å². The van der Waals surface area contributed by atoms with Gasteiger partial charge in [-0.1, -0.05) is 36.4 Å². The van der Waals surface area contributed by atoms with Crippen LogP contribution in [-0.2, 0) is 31.9 Å². The maximum absolute atomic E-state index is 13.9. The van der Waals surface area contributed by atoms with Crippen molar-refractivity contribution in [3.8, 4) is 11.3 Å². The molecule has 1 atom stereocenters. The number of benzene rings is 2. The van der Waals surface area contributed by atoms with E-state index in [4.69, 9.17) is 0 Å². The molecule has 0 amide bonds. The number of hydrogen-bond donors (Lipinski definition) is 2. The van der Waals surface area contributed by atoms with Crippen molar-refractivity contribution >= 4 is 5.82 Å². The summed E-state index contributed by atoms with van der Waals surface area (Å²) < 4.78 is 81.1. The van der Waals surface area contributed by atoms with Crippen molar-refractivity contribution in [2.24, 2.45) is 0 Å². The van der Waals surface area contributed by atoms with E-state index in [1.807, 2.05) is 30.3 Å². The Labute approximate surface area is 203 Å². The maximum atomic E-state index is 13.9. The van der Waals surface area contributed by atoms with Crippen molar-refractivity contribution in [2.75, 3.05) is 18.4 Å². The van der Waals surface area contributed by atoms with Crippen molar-refractivity contribution in [3.63, 3.8) is 0 Å². The minimum Gasteiger partial charge on any atom is -0.392 e. The highest BCUT2D eigenvalue weighted by atomic mass is 19.4. The van der Waals surface area contributed by atoms with Crippen LogP contribution in [-0.4, -0.2) is 39.4 Å². The molecule has 0 saturated carbocycles. The molecule has 0 aliphatic carbocycles. The number of rotatable bonds is 6. The summed E-state index contributed by atoms with van der Waals surface area (Å²) in [5, 5.41) is 20.8. The summed E-state index contributed by atoms with van der Waals surface area (Å²) in [7, 11) is 0. The number of anilines is 1. The quantitative estimate of drug-likeness (QED) is 0.427. The fourth-order valence-electron chi connectivity index (χ4n) is 4.26. The van der Waals surface area contributed by atoms with Crippen LogP contribution in [0.1, 0.15) is 34.7 Å². The van der Waals surface area contributed by atoms with Crippen LogP contribution in [0, 0.1) is 0 Å². The smallest absolute Gasteiger partial charge is 0.392 e. The summed E-state index contributed by atoms with van der Waals surface area (Å²) in [6.45, 7) is 3.17. The van der Waals surface area contributed by atoms with Gasteiger partial charge in [-0.05, 0) is 36.6 Å². The van der Waals surface area contributed by atoms with Gasteiger partial charge in [-0.25, -0.2) is 0 Å². The summed E-state index contributed by atoms with van der Waals surface area (Å²) >= 11 is 0. The Kier molecular flexibility index (Phi) is 7.24. The van der Waals surface area contributed by atoms with Gasteiger partial charge < -0.3 is 10.4 Å². The molecule has 0 saturated heterocycles. The van der Waals surface area contributed by atoms with Gasteiger partial charge in [0.15, 0.2) is 5.82 Å². The van der Waals surface area contributed by atoms with Crippen LogP contribution < -0.4 is 5.32 Å². The monoisotopic (exact) mass is 510 g/mol. The molecule has 0 bridgehead atoms. The number of alkyl halides is 6. The van der Waals surface area contributed by atoms with Gasteiger partial charge in [0.25, 0.3) is 0 Å². The Morgan fingerprint density at radius 2 is 1.69 bits per heavy atom. The van der Waals surface area contributed by atoms with Gasteiger partial charge in [0, 0.05) is 37.3 Å². The highest BCUT2D eigenvalue weighted by molar-refractivity contribution is 5.71. The Morgan fingerprint density at radius 1 is 0.972 bits per heavy atom. The molecule has 0 spiro atoms. The average Bonchev–Trinajstić information content (AvgIpc) is 2.81. The predicted molar refractivity (Wildman–Crippen MR) is 122 cm³/mol. The second kappa shape index (κ2) is 10.1. The third-order valence-electron chi connectivity index (χ3n) is 5.97. The first-order valence-electron chi connectivity index (χ1n) is 11.3. The summed E-state index contributed by atoms with van der Waals surface area (Å²) in [6.07, 6.45) is -10.3. The van der Waals surface area contributed by atoms with Crippen molar-refractivity contribution in [1.82, 2.24) is 15.1 Å². The molecule has 2 aromatic carbocycles. The predicted octanol–water partition coefficient (Wildman–Crippen LogP) is 5.53. The van der Waals surface area contributed by atoms with Crippen molar-refractivity contribution in [1.29, 1.82) is 0 Å². The molecule has 2 heterocycles. The molecule has 0 fully saturated rings. The number of nitrogens with one attached hydrogen (secondary N) is 1. The largest absolute Gasteiger partial charge is 0.417 e. The normalized spacial score (nSPS) is 15.4. The van der Waals surface area contributed by atoms with Gasteiger partial charge in [-0.3, -0.25) is 4.90 Å². The zero-order valence-electron chi connectivity index (χ0n) is 19.3. The average molecular weight is 510 g/mol. The lowest BCUT2D eigenvalue weighted by atomic mass is 9.92. The number of fused-ring (bicyclic) bond motifs is 1. The fourth-order valence-corrected chi connectivity index (χ4v) is 4.26. The highest BCUT2D eigenvalue weighted by Gasteiger charge is 2.39. The van der Waals surface area contributed by atoms with Gasteiger partial charge in [0.2, 0.25) is 0 Å². The summed E-state index contributed by atoms with van der Waals surface area (Å²) in [5.41, 5.74) is -1.17. The first-order valence-corrected chi connectivity index (χ1v) is 11.3. The number of halogens is 6. The molecule has 1 aliphatic heterocycles. The molecule has 3 aromatic rings. The SMILES string of the molecule is C[C@@H](O)CNc1nnc(-c2ccc(C(F)(F)F)cc2C(F)(F)F)c2c1CN(Cc1ccccc1)CC2. The lowest BCUT2D eigenvalue weighted by Gasteiger charge is -2.31. The molecule has 11 heteroatoms. The first kappa shape index (κ1) is 25.9. The van der Waals surface area contributed by atoms with Crippen LogP contribution in [0.4, 0.5) is 32.2 Å². The Bertz CT molecular complexity index is 1210. The molecule has 0 unspecified atom stereocenters. The minimum absolute atomic E-state index is 0.0898. The summed E-state index contributed by atoms with van der Waals surface area (Å²) in [5.74, 6) is 0.327. The number of aliphatic hydroxyl groups is 1. The molecule has 0 radical (unpaired) electrons. The molecule has 1 aliphatic rings. The standard InChI is InChI=1S/C25H24F6N4O/c1-15(36)12-32-23-20-14-35(13-16-5-3-2-4-6-16)10-9-18(20)22(33-34-23)19-8-7-17(24(26,27)28)11-21(19)25(29,30)31/h2-8,11,15,36H,9-10,12-14H2,1H3,(H,32,34)/t15-/m1/s1. The van der Waals surface area contributed by atoms with Crippen molar-refractivity contribution in [2.45, 2.75) is 44.9 Å². The van der Waals surface area contributed by atoms with Crippen LogP contribution in [0.25, 0.3) is 11.3 Å². The van der Waals surface area contributed by atoms with Gasteiger partial charge in [0.1, 0.15) is 0 Å². The highest BCUT2D eigenvalue weighted by Crippen LogP contribution is 2.42. The Balaban J connectivity index is 1.79. The van der Waals surface area contributed by atoms with E-state index in [0.29, 0.717) is 49.1 Å². The van der Waals surface area contributed by atoms with E-state index in [1.165, 1.54) is 0 Å². The number of aromatic nitrogens is 2. The topological polar surface area (TPSA) is 61.3 Å². The lowest BCUT2D eigenvalue weighted by molar-refractivity contribution is -0.142. The van der Waals surface area contributed by atoms with E-state index < -0.39 is 35.1 Å². The van der Waals surface area contributed by atoms with Crippen LogP contribution >= 0.6 is 0 Å². The minimum atomic E-state index is -5.03. The number of nitrogens with zero attached hydrogens (tertiary/aromatic N) is 3. The first-order chi connectivity index (χ1) is 16.9. The maximum Gasteiger partial charge on any atom is 0.417 e. The van der Waals surface area contributed by atoms with Crippen molar-refractivity contribution < 1.29 is 31.4 Å². The third kappa shape index (κ3) is 5.79. The Morgan fingerprint density at radius 3 is 2.33 bits per heavy atom. The van der Waals surface area contributed by atoms with Crippen LogP contribution in [0.2, 0.25) is 0 Å². The van der Waals surface area contributed by atoms with Crippen LogP contribution in [0.5, 0.6) is 0 Å². The molecular weight excluding hydrogens is 486 g/mol. The van der Waals surface area contributed by atoms with Gasteiger partial charge >= 0.3 is 12.4 Å². The number of aliphatic hydroxyl groups excluding tert-OH is 1. The second-order valence-electron chi connectivity index (χ2n) is 8.79. The van der Waals surface area contributed by atoms with E-state index in [1.54, 1.807) is 6.92 Å². The zero-order valence-corrected chi connectivity index (χ0v) is 19.3. The molecule has 192 valence electrons. The molecule has 36 heavy (non-hydrogen) atoms. The second-order valence-corrected chi connectivity index (χ2v) is 8.79. The van der Waals surface area contributed by atoms with E-state index in [0.717, 1.165) is 11.6 Å². The van der Waals surface area contributed by atoms with E-state index in [-0.39, 0.29) is 18.3 Å². The fraction of sp³-hybridized carbons (Fsp3) is 0.360. The number of hydrogen-bond acceptors (Lipinski definition) is 5. The van der Waals surface area contributed by atoms with Gasteiger partial charge in [-0.2, -0.15) is 26.3 Å². The zero-order chi connectivity index (χ0) is 26.1. The molecule has 1 aromatic heterocycles. The van der Waals surface area contributed by atoms with E-state index >= 15 is 0 Å². The van der Waals surface area contributed by atoms with E-state index in [2.05, 4.69) is 20.4 Å². The van der Waals surface area contributed by atoms with Gasteiger partial charge in [0.05, 0.1) is 22.9 Å². The van der Waals surface area contributed by atoms with Gasteiger partial charge in [-0.15, -0.1) is 10.2 Å². The lowest BCUT2D eigenvalue weighted by Crippen LogP contribution is -2.32. The van der Waals surface area contributed by atoms with Crippen LogP contribution in [0.3, 0.4) is 0 Å². The van der Waals surface area contributed by atoms with Crippen molar-refractivity contribution in [3.05, 3.63) is 76.3 Å². The molecule has 5 nitrogen and oxygen atoms in total. The molecule has 4 rings (SSSR count). The third-order valence-corrected chi connectivity index (χ3v) is 5.97. The Hall–Kier alpha value is -3.18. The molecule has 2 N–H and O–H groups in total.